The number of aromatic carboxylic acids is 1. The second-order valence-corrected chi connectivity index (χ2v) is 6.70. The lowest BCUT2D eigenvalue weighted by atomic mass is 9.96. The number of hydrogen-bond acceptors (Lipinski definition) is 4. The molecule has 132 valence electrons. The first-order chi connectivity index (χ1) is 12.4. The first-order valence-electron chi connectivity index (χ1n) is 8.34. The molecule has 0 aliphatic heterocycles. The minimum absolute atomic E-state index is 0.173. The van der Waals surface area contributed by atoms with Crippen LogP contribution in [-0.4, -0.2) is 10.4 Å². The highest BCUT2D eigenvalue weighted by atomic mass is 19.1. The number of fused-ring (bicyclic) bond motifs is 1. The highest BCUT2D eigenvalue weighted by Gasteiger charge is 2.29. The normalized spacial score (nSPS) is 13.9. The zero-order chi connectivity index (χ0) is 18.6. The molecule has 5 nitrogen and oxygen atoms in total. The summed E-state index contributed by atoms with van der Waals surface area (Å²) in [5.41, 5.74) is 7.99. The number of pyridine rings is 2. The second-order valence-electron chi connectivity index (χ2n) is 6.70. The molecule has 1 aromatic carbocycles. The van der Waals surface area contributed by atoms with Crippen LogP contribution in [0.15, 0.2) is 41.3 Å². The molecule has 0 bridgehead atoms. The number of carboxylic acid groups (broad SMARTS) is 1. The average Bonchev–Trinajstić information content (AvgIpc) is 3.42. The van der Waals surface area contributed by atoms with E-state index in [2.05, 4.69) is 0 Å². The van der Waals surface area contributed by atoms with Gasteiger partial charge in [0.05, 0.1) is 17.0 Å². The number of benzene rings is 1. The van der Waals surface area contributed by atoms with Crippen molar-refractivity contribution in [2.75, 3.05) is 5.73 Å². The Morgan fingerprint density at radius 3 is 2.50 bits per heavy atom. The molecular weight excluding hydrogens is 335 g/mol. The number of aromatic nitrogens is 1. The van der Waals surface area contributed by atoms with Crippen molar-refractivity contribution in [2.24, 2.45) is 0 Å². The maximum atomic E-state index is 14.9. The standard InChI is InChI=1S/C20H17FN2O3/c1-10-17(12-4-6-13(22)7-5-12)16(21)9-23-18(10)14(11-2-3-11)8-15(19(23)24)20(25)26/h4-9,11H,2-3,22H2,1H3,(H,25,26)/p-1. The lowest BCUT2D eigenvalue weighted by Gasteiger charge is -2.17. The largest absolute Gasteiger partial charge is 0.545 e. The van der Waals surface area contributed by atoms with Gasteiger partial charge in [-0.25, -0.2) is 4.39 Å². The number of hydrogen-bond donors (Lipinski definition) is 1. The molecule has 0 unspecified atom stereocenters. The third-order valence-electron chi connectivity index (χ3n) is 4.91. The summed E-state index contributed by atoms with van der Waals surface area (Å²) in [6.45, 7) is 1.74. The molecule has 0 saturated heterocycles. The van der Waals surface area contributed by atoms with Gasteiger partial charge in [0.25, 0.3) is 5.56 Å². The fourth-order valence-corrected chi connectivity index (χ4v) is 3.51. The molecule has 0 atom stereocenters. The van der Waals surface area contributed by atoms with E-state index in [0.717, 1.165) is 29.0 Å². The highest BCUT2D eigenvalue weighted by Crippen LogP contribution is 2.43. The summed E-state index contributed by atoms with van der Waals surface area (Å²) in [7, 11) is 0. The van der Waals surface area contributed by atoms with Gasteiger partial charge in [-0.15, -0.1) is 0 Å². The quantitative estimate of drug-likeness (QED) is 0.733. The third kappa shape index (κ3) is 2.45. The molecule has 1 saturated carbocycles. The lowest BCUT2D eigenvalue weighted by Crippen LogP contribution is -2.32. The number of nitrogen functional groups attached to an aromatic ring is 1. The van der Waals surface area contributed by atoms with E-state index in [1.807, 2.05) is 0 Å². The number of carboxylic acids is 1. The molecular formula is C20H16FN2O3-. The molecule has 3 aromatic rings. The van der Waals surface area contributed by atoms with E-state index in [1.54, 1.807) is 31.2 Å². The smallest absolute Gasteiger partial charge is 0.264 e. The van der Waals surface area contributed by atoms with Crippen LogP contribution < -0.4 is 16.4 Å². The monoisotopic (exact) mass is 351 g/mol. The van der Waals surface area contributed by atoms with Crippen LogP contribution in [0.1, 0.15) is 40.2 Å². The van der Waals surface area contributed by atoms with Crippen molar-refractivity contribution < 1.29 is 14.3 Å². The fraction of sp³-hybridized carbons (Fsp3) is 0.200. The number of halogens is 1. The summed E-state index contributed by atoms with van der Waals surface area (Å²) < 4.78 is 16.0. The summed E-state index contributed by atoms with van der Waals surface area (Å²) in [6.07, 6.45) is 2.89. The molecule has 0 radical (unpaired) electrons. The van der Waals surface area contributed by atoms with Crippen molar-refractivity contribution in [3.8, 4) is 11.1 Å². The number of anilines is 1. The van der Waals surface area contributed by atoms with Gasteiger partial charge in [-0.1, -0.05) is 12.1 Å². The molecule has 1 aliphatic rings. The van der Waals surface area contributed by atoms with Gasteiger partial charge < -0.3 is 15.6 Å². The SMILES string of the molecule is Cc1c(-c2ccc(N)cc2)c(F)cn2c(=O)c(C(=O)[O-])cc(C3CC3)c12. The van der Waals surface area contributed by atoms with Crippen LogP contribution >= 0.6 is 0 Å². The van der Waals surface area contributed by atoms with Crippen molar-refractivity contribution >= 4 is 17.2 Å². The number of nitrogens with zero attached hydrogens (tertiary/aromatic N) is 1. The van der Waals surface area contributed by atoms with Crippen molar-refractivity contribution in [3.05, 3.63) is 69.4 Å². The van der Waals surface area contributed by atoms with E-state index in [1.165, 1.54) is 6.07 Å². The van der Waals surface area contributed by atoms with Crippen LogP contribution in [0.2, 0.25) is 0 Å². The molecule has 2 aromatic heterocycles. The lowest BCUT2D eigenvalue weighted by molar-refractivity contribution is -0.255. The minimum atomic E-state index is -1.55. The zero-order valence-corrected chi connectivity index (χ0v) is 14.1. The topological polar surface area (TPSA) is 87.6 Å². The van der Waals surface area contributed by atoms with Crippen LogP contribution in [0.25, 0.3) is 16.6 Å². The van der Waals surface area contributed by atoms with Gasteiger partial charge in [0, 0.05) is 17.4 Å². The second kappa shape index (κ2) is 5.69. The van der Waals surface area contributed by atoms with Gasteiger partial charge in [-0.05, 0) is 60.6 Å². The Morgan fingerprint density at radius 2 is 1.92 bits per heavy atom. The van der Waals surface area contributed by atoms with Crippen LogP contribution in [0, 0.1) is 12.7 Å². The van der Waals surface area contributed by atoms with Crippen LogP contribution in [-0.2, 0) is 0 Å². The van der Waals surface area contributed by atoms with Crippen LogP contribution in [0.3, 0.4) is 0 Å². The highest BCUT2D eigenvalue weighted by molar-refractivity contribution is 5.88. The fourth-order valence-electron chi connectivity index (χ4n) is 3.51. The summed E-state index contributed by atoms with van der Waals surface area (Å²) >= 11 is 0. The van der Waals surface area contributed by atoms with Crippen molar-refractivity contribution in [3.63, 3.8) is 0 Å². The van der Waals surface area contributed by atoms with Gasteiger partial charge in [0.15, 0.2) is 0 Å². The van der Waals surface area contributed by atoms with Gasteiger partial charge in [0.2, 0.25) is 0 Å². The Morgan fingerprint density at radius 1 is 1.27 bits per heavy atom. The number of aryl methyl sites for hydroxylation is 1. The number of nitrogens with two attached hydrogens (primary N) is 1. The number of carbonyl (C=O) groups is 1. The summed E-state index contributed by atoms with van der Waals surface area (Å²) in [6, 6.07) is 8.21. The molecule has 1 aliphatic carbocycles. The molecule has 0 amide bonds. The number of rotatable bonds is 3. The van der Waals surface area contributed by atoms with Crippen LogP contribution in [0.4, 0.5) is 10.1 Å². The van der Waals surface area contributed by atoms with Crippen LogP contribution in [0.5, 0.6) is 0 Å². The maximum Gasteiger partial charge on any atom is 0.264 e. The Kier molecular flexibility index (Phi) is 3.57. The van der Waals surface area contributed by atoms with Crippen molar-refractivity contribution in [2.45, 2.75) is 25.7 Å². The number of carbonyl (C=O) groups excluding carboxylic acids is 1. The Hall–Kier alpha value is -3.15. The van der Waals surface area contributed by atoms with E-state index in [9.17, 15) is 19.1 Å². The van der Waals surface area contributed by atoms with E-state index < -0.39 is 22.9 Å². The average molecular weight is 351 g/mol. The van der Waals surface area contributed by atoms with Gasteiger partial charge in [-0.3, -0.25) is 9.20 Å². The molecule has 26 heavy (non-hydrogen) atoms. The van der Waals surface area contributed by atoms with E-state index in [0.29, 0.717) is 27.9 Å². The van der Waals surface area contributed by atoms with E-state index in [-0.39, 0.29) is 5.92 Å². The minimum Gasteiger partial charge on any atom is -0.545 e. The molecule has 2 heterocycles. The molecule has 1 fully saturated rings. The third-order valence-corrected chi connectivity index (χ3v) is 4.91. The summed E-state index contributed by atoms with van der Waals surface area (Å²) in [4.78, 5) is 23.8. The Balaban J connectivity index is 2.10. The molecule has 0 spiro atoms. The van der Waals surface area contributed by atoms with Gasteiger partial charge in [-0.2, -0.15) is 0 Å². The zero-order valence-electron chi connectivity index (χ0n) is 14.1. The molecule has 2 N–H and O–H groups in total. The van der Waals surface area contributed by atoms with E-state index >= 15 is 0 Å². The van der Waals surface area contributed by atoms with Gasteiger partial charge in [0.1, 0.15) is 5.82 Å². The first kappa shape index (κ1) is 16.3. The predicted octanol–water partition coefficient (Wildman–Crippen LogP) is 2.24. The Labute approximate surface area is 148 Å². The first-order valence-corrected chi connectivity index (χ1v) is 8.34. The predicted molar refractivity (Wildman–Crippen MR) is 94.5 cm³/mol. The summed E-state index contributed by atoms with van der Waals surface area (Å²) in [5, 5.41) is 11.3. The Bertz CT molecular complexity index is 1110. The van der Waals surface area contributed by atoms with E-state index in [4.69, 9.17) is 5.73 Å². The van der Waals surface area contributed by atoms with Gasteiger partial charge >= 0.3 is 0 Å². The molecule has 6 heteroatoms. The molecule has 4 rings (SSSR count). The van der Waals surface area contributed by atoms with Crippen molar-refractivity contribution in [1.82, 2.24) is 4.40 Å². The summed E-state index contributed by atoms with van der Waals surface area (Å²) in [5.74, 6) is -1.97. The maximum absolute atomic E-state index is 14.9. The van der Waals surface area contributed by atoms with Crippen molar-refractivity contribution in [1.29, 1.82) is 0 Å².